The van der Waals surface area contributed by atoms with Crippen LogP contribution in [0.25, 0.3) is 0 Å². The van der Waals surface area contributed by atoms with Gasteiger partial charge in [-0.3, -0.25) is 4.79 Å². The Hall–Kier alpha value is -1.55. The van der Waals surface area contributed by atoms with Gasteiger partial charge in [-0.1, -0.05) is 25.0 Å². The molecular weight excluding hydrogens is 274 g/mol. The second kappa shape index (κ2) is 7.14. The van der Waals surface area contributed by atoms with Crippen LogP contribution in [-0.2, 0) is 11.3 Å². The number of piperidine rings is 1. The fourth-order valence-electron chi connectivity index (χ4n) is 3.66. The van der Waals surface area contributed by atoms with Crippen molar-refractivity contribution in [2.45, 2.75) is 51.1 Å². The summed E-state index contributed by atoms with van der Waals surface area (Å²) >= 11 is 0. The second-order valence-corrected chi connectivity index (χ2v) is 6.72. The van der Waals surface area contributed by atoms with E-state index in [0.717, 1.165) is 32.5 Å². The van der Waals surface area contributed by atoms with Crippen LogP contribution in [0, 0.1) is 5.92 Å². The van der Waals surface area contributed by atoms with Crippen molar-refractivity contribution in [1.82, 2.24) is 5.32 Å². The summed E-state index contributed by atoms with van der Waals surface area (Å²) in [6, 6.07) is 9.46. The number of nitrogens with zero attached hydrogens (tertiary/aromatic N) is 1. The number of hydrogen-bond donors (Lipinski definition) is 2. The molecule has 3 rings (SSSR count). The van der Waals surface area contributed by atoms with Crippen molar-refractivity contribution in [2.24, 2.45) is 11.7 Å². The molecule has 22 heavy (non-hydrogen) atoms. The maximum absolute atomic E-state index is 11.4. The molecular formula is C18H27N3O. The molecule has 0 aromatic heterocycles. The molecule has 1 aliphatic carbocycles. The number of rotatable bonds is 5. The molecule has 1 aromatic carbocycles. The maximum atomic E-state index is 11.4. The first kappa shape index (κ1) is 15.3. The first-order chi connectivity index (χ1) is 10.7. The molecule has 0 bridgehead atoms. The molecule has 1 saturated heterocycles. The largest absolute Gasteiger partial charge is 0.371 e. The lowest BCUT2D eigenvalue weighted by Crippen LogP contribution is -2.41. The lowest BCUT2D eigenvalue weighted by molar-refractivity contribution is -0.122. The number of hydrogen-bond acceptors (Lipinski definition) is 3. The van der Waals surface area contributed by atoms with Gasteiger partial charge in [-0.05, 0) is 43.4 Å². The predicted molar refractivity (Wildman–Crippen MR) is 89.7 cm³/mol. The van der Waals surface area contributed by atoms with Gasteiger partial charge in [0.05, 0.1) is 5.92 Å². The molecule has 1 saturated carbocycles. The fraction of sp³-hybridized carbons (Fsp3) is 0.611. The highest BCUT2D eigenvalue weighted by molar-refractivity contribution is 5.77. The number of nitrogens with one attached hydrogen (secondary N) is 1. The van der Waals surface area contributed by atoms with Crippen LogP contribution in [-0.4, -0.2) is 25.0 Å². The molecule has 0 radical (unpaired) electrons. The molecule has 4 nitrogen and oxygen atoms in total. The Bertz CT molecular complexity index is 494. The second-order valence-electron chi connectivity index (χ2n) is 6.72. The van der Waals surface area contributed by atoms with Crippen molar-refractivity contribution in [2.75, 3.05) is 18.0 Å². The van der Waals surface area contributed by atoms with Crippen LogP contribution < -0.4 is 16.0 Å². The zero-order valence-electron chi connectivity index (χ0n) is 13.3. The minimum atomic E-state index is -0.165. The third-order valence-electron chi connectivity index (χ3n) is 5.08. The van der Waals surface area contributed by atoms with Gasteiger partial charge in [0.2, 0.25) is 5.91 Å². The average Bonchev–Trinajstić information content (AvgIpc) is 3.07. The smallest absolute Gasteiger partial charge is 0.222 e. The number of anilines is 1. The average molecular weight is 301 g/mol. The Morgan fingerprint density at radius 2 is 1.86 bits per heavy atom. The maximum Gasteiger partial charge on any atom is 0.222 e. The zero-order chi connectivity index (χ0) is 15.4. The Morgan fingerprint density at radius 3 is 2.55 bits per heavy atom. The number of carbonyl (C=O) groups is 1. The molecule has 1 atom stereocenters. The van der Waals surface area contributed by atoms with E-state index in [0.29, 0.717) is 6.04 Å². The molecule has 1 amide bonds. The van der Waals surface area contributed by atoms with Crippen LogP contribution in [0.3, 0.4) is 0 Å². The molecule has 4 heteroatoms. The van der Waals surface area contributed by atoms with Crippen molar-refractivity contribution >= 4 is 11.6 Å². The van der Waals surface area contributed by atoms with Crippen LogP contribution in [0.2, 0.25) is 0 Å². The lowest BCUT2D eigenvalue weighted by atomic mass is 9.97. The van der Waals surface area contributed by atoms with Crippen molar-refractivity contribution < 1.29 is 4.79 Å². The molecule has 2 fully saturated rings. The zero-order valence-corrected chi connectivity index (χ0v) is 13.3. The van der Waals surface area contributed by atoms with E-state index in [1.165, 1.54) is 36.9 Å². The first-order valence-electron chi connectivity index (χ1n) is 8.59. The molecule has 0 unspecified atom stereocenters. The summed E-state index contributed by atoms with van der Waals surface area (Å²) in [6.45, 7) is 2.73. The van der Waals surface area contributed by atoms with Crippen molar-refractivity contribution in [1.29, 1.82) is 0 Å². The highest BCUT2D eigenvalue weighted by Crippen LogP contribution is 2.24. The summed E-state index contributed by atoms with van der Waals surface area (Å²) in [7, 11) is 0. The van der Waals surface area contributed by atoms with Gasteiger partial charge in [-0.15, -0.1) is 0 Å². The highest BCUT2D eigenvalue weighted by atomic mass is 16.1. The van der Waals surface area contributed by atoms with Gasteiger partial charge in [0.15, 0.2) is 0 Å². The van der Waals surface area contributed by atoms with Gasteiger partial charge in [0.25, 0.3) is 0 Å². The molecule has 1 heterocycles. The van der Waals surface area contributed by atoms with Crippen LogP contribution in [0.15, 0.2) is 24.3 Å². The Balaban J connectivity index is 1.55. The summed E-state index contributed by atoms with van der Waals surface area (Å²) in [5.41, 5.74) is 7.99. The van der Waals surface area contributed by atoms with Crippen LogP contribution in [0.4, 0.5) is 5.69 Å². The monoisotopic (exact) mass is 301 g/mol. The van der Waals surface area contributed by atoms with E-state index in [1.54, 1.807) is 0 Å². The molecule has 0 spiro atoms. The normalized spacial score (nSPS) is 22.9. The summed E-state index contributed by atoms with van der Waals surface area (Å²) in [5, 5.41) is 3.64. The van der Waals surface area contributed by atoms with Crippen LogP contribution in [0.1, 0.15) is 44.1 Å². The van der Waals surface area contributed by atoms with E-state index in [9.17, 15) is 4.79 Å². The number of benzene rings is 1. The van der Waals surface area contributed by atoms with E-state index in [2.05, 4.69) is 34.5 Å². The van der Waals surface area contributed by atoms with Gasteiger partial charge in [-0.25, -0.2) is 0 Å². The van der Waals surface area contributed by atoms with Gasteiger partial charge in [-0.2, -0.15) is 0 Å². The number of amides is 1. The minimum absolute atomic E-state index is 0.00235. The molecule has 1 aliphatic heterocycles. The van der Waals surface area contributed by atoms with Crippen LogP contribution >= 0.6 is 0 Å². The summed E-state index contributed by atoms with van der Waals surface area (Å²) < 4.78 is 0. The third-order valence-corrected chi connectivity index (χ3v) is 5.08. The summed E-state index contributed by atoms with van der Waals surface area (Å²) in [5.74, 6) is -0.167. The predicted octanol–water partition coefficient (Wildman–Crippen LogP) is 2.42. The summed E-state index contributed by atoms with van der Waals surface area (Å²) in [4.78, 5) is 13.7. The van der Waals surface area contributed by atoms with E-state index in [4.69, 9.17) is 5.73 Å². The quantitative estimate of drug-likeness (QED) is 0.878. The van der Waals surface area contributed by atoms with Gasteiger partial charge in [0.1, 0.15) is 0 Å². The Morgan fingerprint density at radius 1 is 1.14 bits per heavy atom. The minimum Gasteiger partial charge on any atom is -0.371 e. The van der Waals surface area contributed by atoms with Gasteiger partial charge < -0.3 is 16.0 Å². The SMILES string of the molecule is NC(=O)[C@@H]1CCCN(c2ccc(CNC3CCCC3)cc2)C1. The molecule has 2 aliphatic rings. The molecule has 120 valence electrons. The summed E-state index contributed by atoms with van der Waals surface area (Å²) in [6.07, 6.45) is 7.34. The number of carbonyl (C=O) groups excluding carboxylic acids is 1. The third kappa shape index (κ3) is 3.80. The Labute approximate surface area is 133 Å². The molecule has 3 N–H and O–H groups in total. The number of primary amides is 1. The van der Waals surface area contributed by atoms with Crippen LogP contribution in [0.5, 0.6) is 0 Å². The van der Waals surface area contributed by atoms with Crippen molar-refractivity contribution in [3.63, 3.8) is 0 Å². The molecule has 1 aromatic rings. The van der Waals surface area contributed by atoms with Gasteiger partial charge >= 0.3 is 0 Å². The Kier molecular flexibility index (Phi) is 4.98. The van der Waals surface area contributed by atoms with E-state index in [-0.39, 0.29) is 11.8 Å². The van der Waals surface area contributed by atoms with E-state index < -0.39 is 0 Å². The van der Waals surface area contributed by atoms with Crippen molar-refractivity contribution in [3.8, 4) is 0 Å². The topological polar surface area (TPSA) is 58.4 Å². The van der Waals surface area contributed by atoms with E-state index >= 15 is 0 Å². The standard InChI is InChI=1S/C18H27N3O/c19-18(22)15-4-3-11-21(13-15)17-9-7-14(8-10-17)12-20-16-5-1-2-6-16/h7-10,15-16,20H,1-6,11-13H2,(H2,19,22)/t15-/m1/s1. The fourth-order valence-corrected chi connectivity index (χ4v) is 3.66. The van der Waals surface area contributed by atoms with E-state index in [1.807, 2.05) is 0 Å². The lowest BCUT2D eigenvalue weighted by Gasteiger charge is -2.33. The highest BCUT2D eigenvalue weighted by Gasteiger charge is 2.24. The number of nitrogens with two attached hydrogens (primary N) is 1. The van der Waals surface area contributed by atoms with Gasteiger partial charge in [0, 0.05) is 31.4 Å². The van der Waals surface area contributed by atoms with Crippen molar-refractivity contribution in [3.05, 3.63) is 29.8 Å². The first-order valence-corrected chi connectivity index (χ1v) is 8.59.